The molecule has 7 rings (SSSR count). The van der Waals surface area contributed by atoms with Gasteiger partial charge in [0.1, 0.15) is 37.2 Å². The molecule has 89 heavy (non-hydrogen) atoms. The van der Waals surface area contributed by atoms with Crippen molar-refractivity contribution < 1.29 is 44.7 Å². The van der Waals surface area contributed by atoms with E-state index < -0.39 is 52.2 Å². The molecule has 4 fully saturated rings. The quantitative estimate of drug-likeness (QED) is 0.0208. The van der Waals surface area contributed by atoms with Gasteiger partial charge >= 0.3 is 17.8 Å². The number of aromatic nitrogens is 6. The summed E-state index contributed by atoms with van der Waals surface area (Å²) in [7, 11) is 29.7. The molecule has 0 aromatic carbocycles. The van der Waals surface area contributed by atoms with Crippen LogP contribution in [0.15, 0.2) is 37.2 Å². The molecule has 4 unspecified atom stereocenters. The van der Waals surface area contributed by atoms with E-state index in [-0.39, 0.29) is 50.5 Å². The minimum Gasteiger partial charge on any atom is -0.394 e. The molecule has 4 aliphatic rings. The molecule has 34 heteroatoms. The zero-order chi connectivity index (χ0) is 64.5. The van der Waals surface area contributed by atoms with Gasteiger partial charge in [0.25, 0.3) is 0 Å². The monoisotopic (exact) mass is 1220 g/mol. The van der Waals surface area contributed by atoms with Gasteiger partial charge in [-0.3, -0.25) is 9.80 Å². The first kappa shape index (κ1) is 75.4. The Morgan fingerprint density at radius 3 is 1.29 bits per heavy atom. The number of aliphatic hydroxyl groups excluding tert-OH is 4. The van der Waals surface area contributed by atoms with Crippen LogP contribution in [0, 0.1) is 60.4 Å². The number of nitro groups is 3. The summed E-state index contributed by atoms with van der Waals surface area (Å²) in [6.45, 7) is 8.89. The first-order valence-electron chi connectivity index (χ1n) is 32.5. The summed E-state index contributed by atoms with van der Waals surface area (Å²) in [4.78, 5) is 49.1. The van der Waals surface area contributed by atoms with E-state index in [1.807, 2.05) is 0 Å². The first-order chi connectivity index (χ1) is 42.9. The largest absolute Gasteiger partial charge is 0.434 e. The van der Waals surface area contributed by atoms with E-state index in [9.17, 15) is 45.7 Å². The number of ether oxygens (including phenoxy) is 2. The number of rotatable bonds is 49. The molecule has 1 aliphatic heterocycles. The third-order valence-corrected chi connectivity index (χ3v) is 17.1. The molecule has 3 aromatic rings. The van der Waals surface area contributed by atoms with Crippen molar-refractivity contribution in [1.82, 2.24) is 43.4 Å². The topological polar surface area (TPSA) is 292 Å². The van der Waals surface area contributed by atoms with Crippen molar-refractivity contribution in [2.75, 3.05) is 91.9 Å². The molecule has 10 radical (unpaired) electrons. The van der Waals surface area contributed by atoms with E-state index >= 15 is 0 Å². The molecule has 0 bridgehead atoms. The van der Waals surface area contributed by atoms with Gasteiger partial charge in [0.15, 0.2) is 0 Å². The summed E-state index contributed by atoms with van der Waals surface area (Å²) < 4.78 is 14.9. The number of nitrogens with zero attached hydrogens (tertiary/aromatic N) is 12. The highest BCUT2D eigenvalue weighted by Crippen LogP contribution is 2.43. The van der Waals surface area contributed by atoms with E-state index in [0.717, 1.165) is 95.3 Å². The number of hydrogen-bond acceptors (Lipinski definition) is 18. The normalized spacial score (nSPS) is 16.2. The predicted molar refractivity (Wildman–Crippen MR) is 356 cm³/mol. The van der Waals surface area contributed by atoms with Crippen LogP contribution >= 0.6 is 0 Å². The molecule has 3 aliphatic carbocycles. The van der Waals surface area contributed by atoms with Crippen LogP contribution in [0.25, 0.3) is 0 Å². The van der Waals surface area contributed by atoms with E-state index in [4.69, 9.17) is 59.7 Å². The molecule has 0 amide bonds. The lowest BCUT2D eigenvalue weighted by Crippen LogP contribution is -2.63. The lowest BCUT2D eigenvalue weighted by molar-refractivity contribution is -0.397. The van der Waals surface area contributed by atoms with Crippen molar-refractivity contribution >= 4 is 88.7 Å². The molecule has 24 nitrogen and oxygen atoms in total. The standard InChI is InChI=1S/C19H32B10N4O3.C19H34N4O6.C17H26N4O3/c20-26(21)28(24)29(27(22)23)25-13-17(25)6-2-4-11-31(10-3-1-5-16-7-8-16)14-18(34)15-32-12-9-30-19(32)33(35)36;24-10-12-29-14-13-28-11-9-21(7-2-1-3-17-4-5-17)15-18(25)16-22-8-6-20-19(22)23(26)27;1-2-3-10-19(11-5-4-6-15-7-8-15)13-16(22)14-20-12-9-18-17(20)21(23)24/h9,12,16-18,34H,1-8,10-11,13-15H2;6,8,17-18,24-25H,1-5,7,9-16H2;1,9,12,15-16,22H,3-8,10-11,13-14H2. The van der Waals surface area contributed by atoms with E-state index in [0.29, 0.717) is 71.4 Å². The molecular formula is C55H92B10N12O12. The summed E-state index contributed by atoms with van der Waals surface area (Å²) in [6, 6.07) is 0. The molecule has 474 valence electrons. The van der Waals surface area contributed by atoms with E-state index in [2.05, 4.69) is 35.6 Å². The smallest absolute Gasteiger partial charge is 0.394 e. The highest BCUT2D eigenvalue weighted by atomic mass is 16.6. The maximum absolute atomic E-state index is 11.1. The maximum Gasteiger partial charge on any atom is 0.434 e. The third kappa shape index (κ3) is 31.2. The van der Waals surface area contributed by atoms with Crippen LogP contribution in [0.5, 0.6) is 0 Å². The van der Waals surface area contributed by atoms with Gasteiger partial charge in [-0.15, -0.1) is 12.3 Å². The Kier molecular flexibility index (Phi) is 35.6. The fourth-order valence-electron chi connectivity index (χ4n) is 11.7. The average molecular weight is 1220 g/mol. The van der Waals surface area contributed by atoms with Gasteiger partial charge in [0.2, 0.25) is 0 Å². The fraction of sp³-hybridized carbons (Fsp3) is 0.800. The molecular weight excluding hydrogens is 1130 g/mol. The number of hydrogen-bond donors (Lipinski definition) is 4. The number of aliphatic hydroxyl groups is 4. The summed E-state index contributed by atoms with van der Waals surface area (Å²) in [6.07, 6.45) is 34.1. The zero-order valence-corrected chi connectivity index (χ0v) is 52.4. The second-order valence-corrected chi connectivity index (χ2v) is 25.0. The first-order valence-corrected chi connectivity index (χ1v) is 32.5. The van der Waals surface area contributed by atoms with Crippen LogP contribution in [0.1, 0.15) is 122 Å². The zero-order valence-electron chi connectivity index (χ0n) is 52.4. The van der Waals surface area contributed by atoms with Gasteiger partial charge in [-0.25, -0.2) is 13.7 Å². The van der Waals surface area contributed by atoms with E-state index in [1.54, 1.807) is 0 Å². The summed E-state index contributed by atoms with van der Waals surface area (Å²) in [5, 5.41) is 73.1. The van der Waals surface area contributed by atoms with Crippen LogP contribution in [0.3, 0.4) is 0 Å². The average Bonchev–Trinajstić information content (AvgIpc) is 2.24. The SMILES string of the molecule is C#CCCN(CCCCC1CC1)CC(O)Cn1ccnc1[N+](=O)[O-].O=[N+]([O-])c1nccn1CC(O)CN(CCCCC1CC1)CCOCCOCCO.[B]B([B])B([B])B(B([B])[B])B1CC1CCCCN(CCCCC1CC1)CC(O)Cn1ccnc1[N+](=O)[O-]. The summed E-state index contributed by atoms with van der Waals surface area (Å²) >= 11 is 0. The number of unbranched alkanes of at least 4 members (excludes halogenated alkanes) is 4. The molecule has 3 aromatic heterocycles. The molecule has 1 saturated heterocycles. The number of terminal acetylenes is 1. The maximum atomic E-state index is 11.1. The highest BCUT2D eigenvalue weighted by molar-refractivity contribution is 8.01. The molecule has 4 heterocycles. The van der Waals surface area contributed by atoms with Crippen LogP contribution in [-0.2, 0) is 29.1 Å². The van der Waals surface area contributed by atoms with Gasteiger partial charge < -0.3 is 65.1 Å². The second kappa shape index (κ2) is 42.0. The predicted octanol–water partition coefficient (Wildman–Crippen LogP) is 2.82. The van der Waals surface area contributed by atoms with Gasteiger partial charge in [0, 0.05) is 103 Å². The van der Waals surface area contributed by atoms with Gasteiger partial charge in [-0.2, -0.15) is 0 Å². The van der Waals surface area contributed by atoms with Gasteiger partial charge in [0.05, 0.1) is 77.6 Å². The van der Waals surface area contributed by atoms with Crippen LogP contribution in [0.4, 0.5) is 17.8 Å². The fourth-order valence-corrected chi connectivity index (χ4v) is 11.7. The van der Waals surface area contributed by atoms with Crippen molar-refractivity contribution in [2.45, 2.75) is 172 Å². The van der Waals surface area contributed by atoms with E-state index in [1.165, 1.54) is 128 Å². The molecule has 0 spiro atoms. The van der Waals surface area contributed by atoms with Crippen LogP contribution < -0.4 is 0 Å². The third-order valence-electron chi connectivity index (χ3n) is 17.1. The Morgan fingerprint density at radius 2 is 0.944 bits per heavy atom. The Hall–Kier alpha value is -4.32. The Labute approximate surface area is 536 Å². The van der Waals surface area contributed by atoms with Gasteiger partial charge in [-0.05, 0) is 84.4 Å². The van der Waals surface area contributed by atoms with Crippen molar-refractivity contribution in [3.63, 3.8) is 0 Å². The van der Waals surface area contributed by atoms with Crippen molar-refractivity contribution in [3.05, 3.63) is 67.5 Å². The Morgan fingerprint density at radius 1 is 0.573 bits per heavy atom. The Balaban J connectivity index is 0.000000248. The van der Waals surface area contributed by atoms with Crippen LogP contribution in [0.2, 0.25) is 12.1 Å². The summed E-state index contributed by atoms with van der Waals surface area (Å²) in [5.41, 5.74) is 0. The molecule has 4 N–H and O–H groups in total. The lowest BCUT2D eigenvalue weighted by atomic mass is 8.57. The minimum atomic E-state index is -0.737. The minimum absolute atomic E-state index is 0.00159. The van der Waals surface area contributed by atoms with Crippen LogP contribution in [-0.4, -0.2) is 260 Å². The van der Waals surface area contributed by atoms with Crippen molar-refractivity contribution in [1.29, 1.82) is 0 Å². The van der Waals surface area contributed by atoms with Gasteiger partial charge in [-0.1, -0.05) is 117 Å². The van der Waals surface area contributed by atoms with Crippen molar-refractivity contribution in [3.8, 4) is 12.3 Å². The molecule has 3 saturated carbocycles. The summed E-state index contributed by atoms with van der Waals surface area (Å²) in [5.74, 6) is 5.22. The lowest BCUT2D eigenvalue weighted by Gasteiger charge is -2.26. The Bertz CT molecular complexity index is 2500. The number of imidazole rings is 3. The second-order valence-electron chi connectivity index (χ2n) is 25.0. The molecule has 4 atom stereocenters. The van der Waals surface area contributed by atoms with Crippen molar-refractivity contribution in [2.24, 2.45) is 17.8 Å². The highest BCUT2D eigenvalue weighted by Gasteiger charge is 2.49.